The standard InChI is InChI=1S/C16H27N5OS/c1-21-11-16(4-7-18-8-5-16)9-13(21)14(22)19-6-2-3-12-10-23-15(17)20-12/h10,13,18H,2-9,11H2,1H3,(H2,17,20)(H,19,22)/t13-/m0/s1. The molecule has 3 rings (SSSR count). The van der Waals surface area contributed by atoms with Crippen LogP contribution in [0.4, 0.5) is 5.13 Å². The van der Waals surface area contributed by atoms with Crippen molar-refractivity contribution in [2.45, 2.75) is 38.1 Å². The molecule has 23 heavy (non-hydrogen) atoms. The van der Waals surface area contributed by atoms with Gasteiger partial charge in [0.15, 0.2) is 5.13 Å². The molecule has 2 saturated heterocycles. The van der Waals surface area contributed by atoms with E-state index >= 15 is 0 Å². The lowest BCUT2D eigenvalue weighted by molar-refractivity contribution is -0.125. The van der Waals surface area contributed by atoms with Crippen LogP contribution in [0.2, 0.25) is 0 Å². The van der Waals surface area contributed by atoms with Gasteiger partial charge in [0.05, 0.1) is 11.7 Å². The second-order valence-electron chi connectivity index (χ2n) is 6.96. The van der Waals surface area contributed by atoms with E-state index in [0.29, 0.717) is 17.1 Å². The van der Waals surface area contributed by atoms with Gasteiger partial charge in [-0.25, -0.2) is 4.98 Å². The van der Waals surface area contributed by atoms with Gasteiger partial charge in [-0.3, -0.25) is 9.69 Å². The number of rotatable bonds is 5. The molecule has 0 unspecified atom stereocenters. The molecule has 1 aromatic heterocycles. The maximum atomic E-state index is 12.5. The molecule has 4 N–H and O–H groups in total. The molecule has 0 aromatic carbocycles. The third kappa shape index (κ3) is 4.02. The summed E-state index contributed by atoms with van der Waals surface area (Å²) in [6.07, 6.45) is 5.14. The van der Waals surface area contributed by atoms with E-state index in [1.54, 1.807) is 0 Å². The van der Waals surface area contributed by atoms with Gasteiger partial charge in [-0.15, -0.1) is 11.3 Å². The number of aryl methyl sites for hydroxylation is 1. The number of aromatic nitrogens is 1. The zero-order valence-electron chi connectivity index (χ0n) is 13.8. The maximum absolute atomic E-state index is 12.5. The van der Waals surface area contributed by atoms with Crippen molar-refractivity contribution in [2.75, 3.05) is 39.0 Å². The fourth-order valence-corrected chi connectivity index (χ4v) is 4.52. The Morgan fingerprint density at radius 3 is 3.04 bits per heavy atom. The Morgan fingerprint density at radius 1 is 1.57 bits per heavy atom. The van der Waals surface area contributed by atoms with E-state index in [2.05, 4.69) is 27.6 Å². The van der Waals surface area contributed by atoms with Crippen LogP contribution in [0.5, 0.6) is 0 Å². The summed E-state index contributed by atoms with van der Waals surface area (Å²) in [4.78, 5) is 19.0. The Kier molecular flexibility index (Phi) is 5.18. The van der Waals surface area contributed by atoms with Gasteiger partial charge < -0.3 is 16.4 Å². The number of hydrogen-bond acceptors (Lipinski definition) is 6. The summed E-state index contributed by atoms with van der Waals surface area (Å²) in [5, 5.41) is 9.13. The number of nitrogen functional groups attached to an aromatic ring is 1. The number of anilines is 1. The molecule has 1 aromatic rings. The summed E-state index contributed by atoms with van der Waals surface area (Å²) in [5.74, 6) is 0.181. The van der Waals surface area contributed by atoms with E-state index in [1.165, 1.54) is 24.2 Å². The fraction of sp³-hybridized carbons (Fsp3) is 0.750. The van der Waals surface area contributed by atoms with Gasteiger partial charge in [-0.05, 0) is 57.7 Å². The largest absolute Gasteiger partial charge is 0.375 e. The summed E-state index contributed by atoms with van der Waals surface area (Å²) in [6, 6.07) is 0.0306. The molecular weight excluding hydrogens is 310 g/mol. The molecule has 3 heterocycles. The normalized spacial score (nSPS) is 24.1. The maximum Gasteiger partial charge on any atom is 0.237 e. The molecule has 7 heteroatoms. The van der Waals surface area contributed by atoms with Crippen molar-refractivity contribution in [1.82, 2.24) is 20.5 Å². The van der Waals surface area contributed by atoms with E-state index in [0.717, 1.165) is 44.6 Å². The number of thiazole rings is 1. The Morgan fingerprint density at radius 2 is 2.35 bits per heavy atom. The first-order chi connectivity index (χ1) is 11.1. The molecule has 0 aliphatic carbocycles. The Balaban J connectivity index is 1.43. The number of amides is 1. The van der Waals surface area contributed by atoms with Crippen molar-refractivity contribution < 1.29 is 4.79 Å². The molecular formula is C16H27N5OS. The molecule has 2 aliphatic heterocycles. The average Bonchev–Trinajstić information content (AvgIpc) is 3.08. The van der Waals surface area contributed by atoms with E-state index in [9.17, 15) is 4.79 Å². The number of nitrogens with two attached hydrogens (primary N) is 1. The molecule has 2 fully saturated rings. The number of piperidine rings is 1. The van der Waals surface area contributed by atoms with E-state index < -0.39 is 0 Å². The summed E-state index contributed by atoms with van der Waals surface area (Å²) in [5.41, 5.74) is 6.99. The van der Waals surface area contributed by atoms with Crippen molar-refractivity contribution in [3.63, 3.8) is 0 Å². The second kappa shape index (κ2) is 7.15. The van der Waals surface area contributed by atoms with Crippen molar-refractivity contribution in [2.24, 2.45) is 5.41 Å². The SMILES string of the molecule is CN1CC2(CCNCC2)C[C@H]1C(=O)NCCCc1csc(N)n1. The number of nitrogens with one attached hydrogen (secondary N) is 2. The number of hydrogen-bond donors (Lipinski definition) is 3. The van der Waals surface area contributed by atoms with Gasteiger partial charge >= 0.3 is 0 Å². The molecule has 1 atom stereocenters. The average molecular weight is 337 g/mol. The minimum atomic E-state index is 0.0306. The van der Waals surface area contributed by atoms with Crippen LogP contribution in [-0.2, 0) is 11.2 Å². The van der Waals surface area contributed by atoms with Crippen LogP contribution in [0.1, 0.15) is 31.4 Å². The molecule has 0 saturated carbocycles. The highest BCUT2D eigenvalue weighted by molar-refractivity contribution is 7.13. The first kappa shape index (κ1) is 16.7. The van der Waals surface area contributed by atoms with Gasteiger partial charge in [0.2, 0.25) is 5.91 Å². The third-order valence-electron chi connectivity index (χ3n) is 5.19. The number of likely N-dealkylation sites (N-methyl/N-ethyl adjacent to an activating group) is 1. The number of carbonyl (C=O) groups excluding carboxylic acids is 1. The summed E-state index contributed by atoms with van der Waals surface area (Å²) in [6.45, 7) is 3.91. The van der Waals surface area contributed by atoms with Crippen molar-refractivity contribution >= 4 is 22.4 Å². The van der Waals surface area contributed by atoms with Crippen molar-refractivity contribution in [3.05, 3.63) is 11.1 Å². The highest BCUT2D eigenvalue weighted by Gasteiger charge is 2.45. The highest BCUT2D eigenvalue weighted by Crippen LogP contribution is 2.41. The van der Waals surface area contributed by atoms with Crippen LogP contribution in [0, 0.1) is 5.41 Å². The zero-order chi connectivity index (χ0) is 16.3. The predicted molar refractivity (Wildman–Crippen MR) is 93.4 cm³/mol. The molecule has 0 radical (unpaired) electrons. The van der Waals surface area contributed by atoms with Gasteiger partial charge in [0, 0.05) is 18.5 Å². The van der Waals surface area contributed by atoms with Crippen molar-refractivity contribution in [1.29, 1.82) is 0 Å². The van der Waals surface area contributed by atoms with Crippen LogP contribution in [0.25, 0.3) is 0 Å². The van der Waals surface area contributed by atoms with Crippen LogP contribution < -0.4 is 16.4 Å². The minimum Gasteiger partial charge on any atom is -0.375 e. The van der Waals surface area contributed by atoms with Gasteiger partial charge in [0.1, 0.15) is 0 Å². The Hall–Kier alpha value is -1.18. The minimum absolute atomic E-state index is 0.0306. The Bertz CT molecular complexity index is 540. The first-order valence-electron chi connectivity index (χ1n) is 8.47. The molecule has 6 nitrogen and oxygen atoms in total. The number of nitrogens with zero attached hydrogens (tertiary/aromatic N) is 2. The van der Waals surface area contributed by atoms with Crippen LogP contribution in [0.15, 0.2) is 5.38 Å². The second-order valence-corrected chi connectivity index (χ2v) is 7.85. The van der Waals surface area contributed by atoms with E-state index in [-0.39, 0.29) is 11.9 Å². The molecule has 128 valence electrons. The highest BCUT2D eigenvalue weighted by atomic mass is 32.1. The topological polar surface area (TPSA) is 83.3 Å². The van der Waals surface area contributed by atoms with Gasteiger partial charge in [-0.2, -0.15) is 0 Å². The third-order valence-corrected chi connectivity index (χ3v) is 5.91. The monoisotopic (exact) mass is 337 g/mol. The zero-order valence-corrected chi connectivity index (χ0v) is 14.6. The van der Waals surface area contributed by atoms with E-state index in [1.807, 2.05) is 5.38 Å². The summed E-state index contributed by atoms with van der Waals surface area (Å²) >= 11 is 1.47. The smallest absolute Gasteiger partial charge is 0.237 e. The predicted octanol–water partition coefficient (Wildman–Crippen LogP) is 0.848. The molecule has 1 amide bonds. The van der Waals surface area contributed by atoms with Gasteiger partial charge in [-0.1, -0.05) is 0 Å². The first-order valence-corrected chi connectivity index (χ1v) is 9.35. The van der Waals surface area contributed by atoms with E-state index in [4.69, 9.17) is 5.73 Å². The van der Waals surface area contributed by atoms with Crippen LogP contribution in [0.3, 0.4) is 0 Å². The lowest BCUT2D eigenvalue weighted by Crippen LogP contribution is -2.41. The molecule has 0 bridgehead atoms. The lowest BCUT2D eigenvalue weighted by atomic mass is 9.77. The van der Waals surface area contributed by atoms with Gasteiger partial charge in [0.25, 0.3) is 0 Å². The molecule has 1 spiro atoms. The molecule has 2 aliphatic rings. The summed E-state index contributed by atoms with van der Waals surface area (Å²) < 4.78 is 0. The van der Waals surface area contributed by atoms with Crippen LogP contribution in [-0.4, -0.2) is 55.1 Å². The number of carbonyl (C=O) groups is 1. The van der Waals surface area contributed by atoms with Crippen LogP contribution >= 0.6 is 11.3 Å². The van der Waals surface area contributed by atoms with Crippen molar-refractivity contribution in [3.8, 4) is 0 Å². The number of likely N-dealkylation sites (tertiary alicyclic amines) is 1. The lowest BCUT2D eigenvalue weighted by Gasteiger charge is -2.33. The quantitative estimate of drug-likeness (QED) is 0.694. The Labute approximate surface area is 141 Å². The fourth-order valence-electron chi connectivity index (χ4n) is 3.92. The summed E-state index contributed by atoms with van der Waals surface area (Å²) in [7, 11) is 2.08.